The quantitative estimate of drug-likeness (QED) is 0.727. The van der Waals surface area contributed by atoms with Crippen LogP contribution in [0, 0.1) is 5.41 Å². The number of carbonyl (C=O) groups is 4. The van der Waals surface area contributed by atoms with Gasteiger partial charge in [0.1, 0.15) is 0 Å². The van der Waals surface area contributed by atoms with Crippen LogP contribution in [0.5, 0.6) is 0 Å². The Morgan fingerprint density at radius 1 is 0.733 bits per heavy atom. The van der Waals surface area contributed by atoms with Gasteiger partial charge in [0.2, 0.25) is 5.91 Å². The van der Waals surface area contributed by atoms with Gasteiger partial charge in [0.05, 0.1) is 25.3 Å². The topological polar surface area (TPSA) is 111 Å². The summed E-state index contributed by atoms with van der Waals surface area (Å²) in [5, 5.41) is 5.40. The first-order valence-corrected chi connectivity index (χ1v) is 9.09. The zero-order valence-corrected chi connectivity index (χ0v) is 17.5. The van der Waals surface area contributed by atoms with Gasteiger partial charge in [0.25, 0.3) is 5.91 Å². The molecule has 0 atom stereocenters. The first kappa shape index (κ1) is 22.6. The second-order valence-corrected chi connectivity index (χ2v) is 7.52. The highest BCUT2D eigenvalue weighted by molar-refractivity contribution is 6.07. The lowest BCUT2D eigenvalue weighted by Crippen LogP contribution is -2.27. The average Bonchev–Trinajstić information content (AvgIpc) is 2.71. The average molecular weight is 412 g/mol. The van der Waals surface area contributed by atoms with Crippen LogP contribution >= 0.6 is 0 Å². The van der Waals surface area contributed by atoms with Crippen molar-refractivity contribution in [2.24, 2.45) is 5.41 Å². The molecule has 2 aromatic carbocycles. The molecular formula is C22H24N2O6. The van der Waals surface area contributed by atoms with E-state index in [1.807, 2.05) is 0 Å². The maximum absolute atomic E-state index is 12.7. The fourth-order valence-electron chi connectivity index (χ4n) is 2.43. The van der Waals surface area contributed by atoms with Gasteiger partial charge in [-0.2, -0.15) is 0 Å². The van der Waals surface area contributed by atoms with E-state index >= 15 is 0 Å². The molecule has 0 unspecified atom stereocenters. The molecular weight excluding hydrogens is 388 g/mol. The Hall–Kier alpha value is -3.68. The van der Waals surface area contributed by atoms with Crippen LogP contribution in [0.15, 0.2) is 42.5 Å². The molecule has 0 fully saturated rings. The normalized spacial score (nSPS) is 10.7. The predicted molar refractivity (Wildman–Crippen MR) is 112 cm³/mol. The van der Waals surface area contributed by atoms with Gasteiger partial charge in [-0.05, 0) is 36.4 Å². The second kappa shape index (κ2) is 9.21. The Balaban J connectivity index is 2.29. The molecule has 0 aromatic heterocycles. The van der Waals surface area contributed by atoms with Gasteiger partial charge >= 0.3 is 11.9 Å². The smallest absolute Gasteiger partial charge is 0.337 e. The van der Waals surface area contributed by atoms with Gasteiger partial charge in [0.15, 0.2) is 0 Å². The summed E-state index contributed by atoms with van der Waals surface area (Å²) in [7, 11) is 2.42. The van der Waals surface area contributed by atoms with Crippen molar-refractivity contribution in [2.75, 3.05) is 24.9 Å². The van der Waals surface area contributed by atoms with Crippen molar-refractivity contribution >= 4 is 35.1 Å². The minimum absolute atomic E-state index is 0.0851. The maximum Gasteiger partial charge on any atom is 0.337 e. The number of ether oxygens (including phenoxy) is 2. The lowest BCUT2D eigenvalue weighted by Gasteiger charge is -2.18. The van der Waals surface area contributed by atoms with Gasteiger partial charge in [-0.1, -0.05) is 26.8 Å². The molecule has 30 heavy (non-hydrogen) atoms. The van der Waals surface area contributed by atoms with E-state index in [4.69, 9.17) is 0 Å². The highest BCUT2D eigenvalue weighted by atomic mass is 16.5. The third kappa shape index (κ3) is 5.66. The molecule has 2 N–H and O–H groups in total. The summed E-state index contributed by atoms with van der Waals surface area (Å²) in [5.41, 5.74) is 0.554. The summed E-state index contributed by atoms with van der Waals surface area (Å²) < 4.78 is 9.37. The van der Waals surface area contributed by atoms with E-state index in [0.717, 1.165) is 0 Å². The highest BCUT2D eigenvalue weighted by Gasteiger charge is 2.21. The van der Waals surface area contributed by atoms with E-state index in [0.29, 0.717) is 5.69 Å². The van der Waals surface area contributed by atoms with Crippen molar-refractivity contribution in [2.45, 2.75) is 20.8 Å². The minimum atomic E-state index is -0.664. The molecule has 0 bridgehead atoms. The molecule has 0 spiro atoms. The van der Waals surface area contributed by atoms with Crippen LogP contribution in [-0.4, -0.2) is 38.0 Å². The fraction of sp³-hybridized carbons (Fsp3) is 0.273. The molecule has 0 aliphatic heterocycles. The number of methoxy groups -OCH3 is 2. The third-order valence-corrected chi connectivity index (χ3v) is 4.10. The van der Waals surface area contributed by atoms with Crippen LogP contribution in [0.4, 0.5) is 11.4 Å². The summed E-state index contributed by atoms with van der Waals surface area (Å²) in [5.74, 6) is -2.00. The van der Waals surface area contributed by atoms with E-state index in [1.54, 1.807) is 39.0 Å². The summed E-state index contributed by atoms with van der Waals surface area (Å²) in [6.45, 7) is 5.35. The number of esters is 2. The van der Waals surface area contributed by atoms with Crippen LogP contribution in [0.1, 0.15) is 51.8 Å². The fourth-order valence-corrected chi connectivity index (χ4v) is 2.43. The highest BCUT2D eigenvalue weighted by Crippen LogP contribution is 2.20. The molecule has 8 nitrogen and oxygen atoms in total. The van der Waals surface area contributed by atoms with Gasteiger partial charge in [-0.15, -0.1) is 0 Å². The summed E-state index contributed by atoms with van der Waals surface area (Å²) >= 11 is 0. The van der Waals surface area contributed by atoms with Gasteiger partial charge in [-0.3, -0.25) is 9.59 Å². The first-order valence-electron chi connectivity index (χ1n) is 9.09. The van der Waals surface area contributed by atoms with Gasteiger partial charge < -0.3 is 20.1 Å². The molecule has 0 aliphatic rings. The Morgan fingerprint density at radius 2 is 1.27 bits per heavy atom. The molecule has 0 saturated carbocycles. The van der Waals surface area contributed by atoms with Crippen molar-refractivity contribution in [3.8, 4) is 0 Å². The van der Waals surface area contributed by atoms with E-state index in [2.05, 4.69) is 20.1 Å². The van der Waals surface area contributed by atoms with Crippen LogP contribution in [0.25, 0.3) is 0 Å². The molecule has 2 amide bonds. The number of anilines is 2. The Bertz CT molecular complexity index is 957. The molecule has 8 heteroatoms. The molecule has 0 aliphatic carbocycles. The zero-order chi connectivity index (χ0) is 22.5. The van der Waals surface area contributed by atoms with Gasteiger partial charge in [0, 0.05) is 22.4 Å². The molecule has 2 aromatic rings. The summed E-state index contributed by atoms with van der Waals surface area (Å²) in [6, 6.07) is 10.5. The maximum atomic E-state index is 12.7. The monoisotopic (exact) mass is 412 g/mol. The molecule has 2 rings (SSSR count). The Labute approximate surface area is 174 Å². The predicted octanol–water partition coefficient (Wildman–Crippen LogP) is 3.50. The van der Waals surface area contributed by atoms with Crippen molar-refractivity contribution in [1.29, 1.82) is 0 Å². The number of benzene rings is 2. The lowest BCUT2D eigenvalue weighted by atomic mass is 9.95. The number of hydrogen-bond acceptors (Lipinski definition) is 6. The number of amides is 2. The number of hydrogen-bond donors (Lipinski definition) is 2. The lowest BCUT2D eigenvalue weighted by molar-refractivity contribution is -0.123. The van der Waals surface area contributed by atoms with Crippen molar-refractivity contribution in [1.82, 2.24) is 0 Å². The van der Waals surface area contributed by atoms with Crippen LogP contribution in [-0.2, 0) is 14.3 Å². The molecule has 0 radical (unpaired) electrons. The van der Waals surface area contributed by atoms with Crippen molar-refractivity contribution < 1.29 is 28.7 Å². The number of carbonyl (C=O) groups excluding carboxylic acids is 4. The Kier molecular flexibility index (Phi) is 6.94. The Morgan fingerprint density at radius 3 is 1.77 bits per heavy atom. The van der Waals surface area contributed by atoms with E-state index in [-0.39, 0.29) is 28.3 Å². The van der Waals surface area contributed by atoms with Crippen molar-refractivity contribution in [3.05, 3.63) is 59.2 Å². The molecule has 0 saturated heterocycles. The zero-order valence-electron chi connectivity index (χ0n) is 17.5. The van der Waals surface area contributed by atoms with Crippen LogP contribution in [0.2, 0.25) is 0 Å². The first-order chi connectivity index (χ1) is 14.0. The van der Waals surface area contributed by atoms with E-state index in [1.165, 1.54) is 38.5 Å². The van der Waals surface area contributed by atoms with Crippen molar-refractivity contribution in [3.63, 3.8) is 0 Å². The van der Waals surface area contributed by atoms with E-state index < -0.39 is 23.3 Å². The third-order valence-electron chi connectivity index (χ3n) is 4.10. The molecule has 158 valence electrons. The summed E-state index contributed by atoms with van der Waals surface area (Å²) in [6.07, 6.45) is 0. The SMILES string of the molecule is COC(=O)c1cc(NC(=O)c2cccc(NC(=O)C(C)(C)C)c2)cc(C(=O)OC)c1. The minimum Gasteiger partial charge on any atom is -0.465 e. The largest absolute Gasteiger partial charge is 0.465 e. The number of nitrogens with one attached hydrogen (secondary N) is 2. The molecule has 0 heterocycles. The van der Waals surface area contributed by atoms with Crippen LogP contribution < -0.4 is 10.6 Å². The second-order valence-electron chi connectivity index (χ2n) is 7.52. The van der Waals surface area contributed by atoms with Gasteiger partial charge in [-0.25, -0.2) is 9.59 Å². The standard InChI is InChI=1S/C22H24N2O6/c1-22(2,3)21(28)24-16-8-6-7-13(10-16)18(25)23-17-11-14(19(26)29-4)9-15(12-17)20(27)30-5/h6-12H,1-5H3,(H,23,25)(H,24,28). The summed E-state index contributed by atoms with van der Waals surface area (Å²) in [4.78, 5) is 48.6. The number of rotatable bonds is 5. The van der Waals surface area contributed by atoms with E-state index in [9.17, 15) is 19.2 Å². The van der Waals surface area contributed by atoms with Crippen LogP contribution in [0.3, 0.4) is 0 Å².